The number of nitrogens with one attached hydrogen (secondary N) is 2. The molecule has 0 radical (unpaired) electrons. The third-order valence-corrected chi connectivity index (χ3v) is 4.86. The maximum absolute atomic E-state index is 12.0. The maximum Gasteiger partial charge on any atom is 0.426 e. The summed E-state index contributed by atoms with van der Waals surface area (Å²) >= 11 is 0. The van der Waals surface area contributed by atoms with Gasteiger partial charge in [0.25, 0.3) is 0 Å². The Kier molecular flexibility index (Phi) is 8.74. The molecule has 0 atom stereocenters. The van der Waals surface area contributed by atoms with Gasteiger partial charge in [-0.15, -0.1) is 0 Å². The Morgan fingerprint density at radius 3 is 2.56 bits per heavy atom. The SMILES string of the molecule is COc1ccc(CC(=O)NNC(=O)OCCCC2CCCCC2)c(OC)c1. The lowest BCUT2D eigenvalue weighted by Gasteiger charge is -2.21. The molecule has 1 aromatic rings. The van der Waals surface area contributed by atoms with Crippen molar-refractivity contribution < 1.29 is 23.8 Å². The minimum absolute atomic E-state index is 0.0646. The summed E-state index contributed by atoms with van der Waals surface area (Å²) in [5, 5.41) is 0. The second kappa shape index (κ2) is 11.3. The Hall–Kier alpha value is -2.44. The van der Waals surface area contributed by atoms with E-state index in [1.807, 2.05) is 0 Å². The van der Waals surface area contributed by atoms with E-state index in [1.54, 1.807) is 25.3 Å². The predicted octanol–water partition coefficient (Wildman–Crippen LogP) is 3.36. The van der Waals surface area contributed by atoms with Crippen molar-refractivity contribution in [2.45, 2.75) is 51.4 Å². The van der Waals surface area contributed by atoms with Crippen LogP contribution in [0.2, 0.25) is 0 Å². The molecule has 2 rings (SSSR count). The Bertz CT molecular complexity index is 614. The van der Waals surface area contributed by atoms with Gasteiger partial charge in [0.15, 0.2) is 0 Å². The molecule has 0 aliphatic heterocycles. The van der Waals surface area contributed by atoms with Crippen LogP contribution in [0.5, 0.6) is 11.5 Å². The van der Waals surface area contributed by atoms with Crippen LogP contribution in [0, 0.1) is 5.92 Å². The average Bonchev–Trinajstić information content (AvgIpc) is 2.70. The van der Waals surface area contributed by atoms with Crippen LogP contribution in [0.4, 0.5) is 4.79 Å². The lowest BCUT2D eigenvalue weighted by atomic mass is 9.86. The number of hydrazine groups is 1. The van der Waals surface area contributed by atoms with Crippen molar-refractivity contribution >= 4 is 12.0 Å². The van der Waals surface area contributed by atoms with Crippen LogP contribution in [0.25, 0.3) is 0 Å². The molecular weight excluding hydrogens is 348 g/mol. The second-order valence-corrected chi connectivity index (χ2v) is 6.81. The third-order valence-electron chi connectivity index (χ3n) is 4.86. The van der Waals surface area contributed by atoms with Gasteiger partial charge in [0, 0.05) is 11.6 Å². The van der Waals surface area contributed by atoms with Crippen LogP contribution >= 0.6 is 0 Å². The molecule has 1 saturated carbocycles. The van der Waals surface area contributed by atoms with E-state index in [0.29, 0.717) is 23.7 Å². The quantitative estimate of drug-likeness (QED) is 0.535. The highest BCUT2D eigenvalue weighted by Gasteiger charge is 2.14. The first kappa shape index (κ1) is 20.9. The van der Waals surface area contributed by atoms with E-state index in [2.05, 4.69) is 10.9 Å². The van der Waals surface area contributed by atoms with E-state index in [1.165, 1.54) is 39.2 Å². The molecule has 0 saturated heterocycles. The molecule has 0 bridgehead atoms. The molecule has 0 spiro atoms. The van der Waals surface area contributed by atoms with Gasteiger partial charge in [0.2, 0.25) is 5.91 Å². The van der Waals surface area contributed by atoms with Crippen LogP contribution in [-0.2, 0) is 16.0 Å². The van der Waals surface area contributed by atoms with Crippen LogP contribution in [0.15, 0.2) is 18.2 Å². The monoisotopic (exact) mass is 378 g/mol. The number of carbonyl (C=O) groups is 2. The molecule has 7 nitrogen and oxygen atoms in total. The molecule has 1 aliphatic rings. The maximum atomic E-state index is 12.0. The fourth-order valence-corrected chi connectivity index (χ4v) is 3.38. The lowest BCUT2D eigenvalue weighted by Crippen LogP contribution is -2.42. The molecular formula is C20H30N2O5. The summed E-state index contributed by atoms with van der Waals surface area (Å²) in [6, 6.07) is 5.20. The van der Waals surface area contributed by atoms with E-state index in [4.69, 9.17) is 14.2 Å². The Morgan fingerprint density at radius 2 is 1.85 bits per heavy atom. The van der Waals surface area contributed by atoms with Gasteiger partial charge in [-0.2, -0.15) is 0 Å². The van der Waals surface area contributed by atoms with Crippen molar-refractivity contribution in [2.75, 3.05) is 20.8 Å². The number of benzene rings is 1. The van der Waals surface area contributed by atoms with Gasteiger partial charge in [0.05, 0.1) is 27.2 Å². The van der Waals surface area contributed by atoms with E-state index in [9.17, 15) is 9.59 Å². The standard InChI is InChI=1S/C20H30N2O5/c1-25-17-11-10-16(18(14-17)26-2)13-19(23)21-22-20(24)27-12-6-9-15-7-4-3-5-8-15/h10-11,14-15H,3-9,12-13H2,1-2H3,(H,21,23)(H,22,24). The first-order valence-corrected chi connectivity index (χ1v) is 9.55. The van der Waals surface area contributed by atoms with Gasteiger partial charge in [-0.1, -0.05) is 38.2 Å². The van der Waals surface area contributed by atoms with Crippen LogP contribution in [-0.4, -0.2) is 32.8 Å². The van der Waals surface area contributed by atoms with Crippen molar-refractivity contribution in [1.29, 1.82) is 0 Å². The zero-order valence-corrected chi connectivity index (χ0v) is 16.2. The van der Waals surface area contributed by atoms with E-state index < -0.39 is 6.09 Å². The molecule has 7 heteroatoms. The molecule has 2 amide bonds. The summed E-state index contributed by atoms with van der Waals surface area (Å²) in [5.74, 6) is 1.60. The molecule has 1 aromatic carbocycles. The second-order valence-electron chi connectivity index (χ2n) is 6.81. The minimum Gasteiger partial charge on any atom is -0.497 e. The molecule has 2 N–H and O–H groups in total. The molecule has 1 aliphatic carbocycles. The number of rotatable bonds is 8. The number of hydrogen-bond acceptors (Lipinski definition) is 5. The van der Waals surface area contributed by atoms with Crippen LogP contribution < -0.4 is 20.3 Å². The van der Waals surface area contributed by atoms with E-state index in [0.717, 1.165) is 18.8 Å². The number of carbonyl (C=O) groups excluding carboxylic acids is 2. The minimum atomic E-state index is -0.645. The van der Waals surface area contributed by atoms with Crippen molar-refractivity contribution in [1.82, 2.24) is 10.9 Å². The summed E-state index contributed by atoms with van der Waals surface area (Å²) in [6.45, 7) is 0.366. The largest absolute Gasteiger partial charge is 0.497 e. The van der Waals surface area contributed by atoms with Gasteiger partial charge in [-0.3, -0.25) is 10.2 Å². The number of ether oxygens (including phenoxy) is 3. The first-order valence-electron chi connectivity index (χ1n) is 9.55. The van der Waals surface area contributed by atoms with Gasteiger partial charge in [0.1, 0.15) is 11.5 Å². The molecule has 150 valence electrons. The van der Waals surface area contributed by atoms with Gasteiger partial charge >= 0.3 is 6.09 Å². The van der Waals surface area contributed by atoms with Crippen molar-refractivity contribution in [3.63, 3.8) is 0 Å². The number of methoxy groups -OCH3 is 2. The smallest absolute Gasteiger partial charge is 0.426 e. The summed E-state index contributed by atoms with van der Waals surface area (Å²) in [7, 11) is 3.09. The summed E-state index contributed by atoms with van der Waals surface area (Å²) in [6.07, 6.45) is 7.93. The lowest BCUT2D eigenvalue weighted by molar-refractivity contribution is -0.121. The van der Waals surface area contributed by atoms with Crippen molar-refractivity contribution in [3.05, 3.63) is 23.8 Å². The Labute approximate surface area is 160 Å². The third kappa shape index (κ3) is 7.37. The highest BCUT2D eigenvalue weighted by Crippen LogP contribution is 2.27. The zero-order chi connectivity index (χ0) is 19.5. The summed E-state index contributed by atoms with van der Waals surface area (Å²) in [4.78, 5) is 23.7. The fourth-order valence-electron chi connectivity index (χ4n) is 3.38. The first-order chi connectivity index (χ1) is 13.1. The fraction of sp³-hybridized carbons (Fsp3) is 0.600. The normalized spacial score (nSPS) is 14.3. The molecule has 0 unspecified atom stereocenters. The Balaban J connectivity index is 1.63. The number of hydrogen-bond donors (Lipinski definition) is 2. The van der Waals surface area contributed by atoms with Crippen molar-refractivity contribution in [2.24, 2.45) is 5.92 Å². The topological polar surface area (TPSA) is 85.9 Å². The van der Waals surface area contributed by atoms with Gasteiger partial charge in [-0.05, 0) is 24.8 Å². The summed E-state index contributed by atoms with van der Waals surface area (Å²) < 4.78 is 15.5. The average molecular weight is 378 g/mol. The highest BCUT2D eigenvalue weighted by molar-refractivity contribution is 5.81. The Morgan fingerprint density at radius 1 is 1.07 bits per heavy atom. The van der Waals surface area contributed by atoms with Gasteiger partial charge in [-0.25, -0.2) is 10.2 Å². The number of amides is 2. The molecule has 0 aromatic heterocycles. The highest BCUT2D eigenvalue weighted by atomic mass is 16.6. The van der Waals surface area contributed by atoms with E-state index >= 15 is 0 Å². The molecule has 1 fully saturated rings. The summed E-state index contributed by atoms with van der Waals surface area (Å²) in [5.41, 5.74) is 5.32. The van der Waals surface area contributed by atoms with Crippen LogP contribution in [0.3, 0.4) is 0 Å². The van der Waals surface area contributed by atoms with E-state index in [-0.39, 0.29) is 12.3 Å². The molecule has 0 heterocycles. The zero-order valence-electron chi connectivity index (χ0n) is 16.2. The van der Waals surface area contributed by atoms with Crippen molar-refractivity contribution in [3.8, 4) is 11.5 Å². The predicted molar refractivity (Wildman–Crippen MR) is 102 cm³/mol. The molecule has 27 heavy (non-hydrogen) atoms. The van der Waals surface area contributed by atoms with Gasteiger partial charge < -0.3 is 14.2 Å². The van der Waals surface area contributed by atoms with Crippen LogP contribution in [0.1, 0.15) is 50.5 Å².